The molecule has 1 aliphatic carbocycles. The van der Waals surface area contributed by atoms with E-state index in [2.05, 4.69) is 41.9 Å². The molecule has 0 radical (unpaired) electrons. The molecule has 2 unspecified atom stereocenters. The fraction of sp³-hybridized carbons (Fsp3) is 0.769. The third-order valence-corrected chi connectivity index (χ3v) is 3.56. The van der Waals surface area contributed by atoms with Crippen LogP contribution in [0.15, 0.2) is 6.07 Å². The smallest absolute Gasteiger partial charge is 0.0625 e. The normalized spacial score (nSPS) is 23.7. The summed E-state index contributed by atoms with van der Waals surface area (Å²) in [6, 6.07) is 2.23. The number of aromatic nitrogens is 2. The van der Waals surface area contributed by atoms with Gasteiger partial charge in [0.15, 0.2) is 0 Å². The lowest BCUT2D eigenvalue weighted by Gasteiger charge is -2.05. The highest BCUT2D eigenvalue weighted by molar-refractivity contribution is 5.10. The first-order valence-corrected chi connectivity index (χ1v) is 6.50. The fourth-order valence-electron chi connectivity index (χ4n) is 2.17. The van der Waals surface area contributed by atoms with Gasteiger partial charge in [-0.15, -0.1) is 0 Å². The van der Waals surface area contributed by atoms with E-state index < -0.39 is 0 Å². The molecule has 1 saturated carbocycles. The first-order valence-electron chi connectivity index (χ1n) is 6.50. The topological polar surface area (TPSA) is 29.9 Å². The third-order valence-electron chi connectivity index (χ3n) is 3.56. The van der Waals surface area contributed by atoms with Gasteiger partial charge < -0.3 is 5.32 Å². The van der Waals surface area contributed by atoms with Gasteiger partial charge in [0.2, 0.25) is 0 Å². The Hall–Kier alpha value is -0.830. The summed E-state index contributed by atoms with van der Waals surface area (Å²) in [6.45, 7) is 9.74. The fourth-order valence-corrected chi connectivity index (χ4v) is 2.17. The monoisotopic (exact) mass is 221 g/mol. The third kappa shape index (κ3) is 2.64. The maximum absolute atomic E-state index is 4.55. The molecule has 0 spiro atoms. The van der Waals surface area contributed by atoms with E-state index in [-0.39, 0.29) is 0 Å². The van der Waals surface area contributed by atoms with Crippen LogP contribution in [0.5, 0.6) is 0 Å². The summed E-state index contributed by atoms with van der Waals surface area (Å²) in [5, 5.41) is 8.10. The molecular formula is C13H23N3. The summed E-state index contributed by atoms with van der Waals surface area (Å²) < 4.78 is 2.11. The first-order chi connectivity index (χ1) is 7.74. The molecule has 1 aromatic heterocycles. The molecule has 1 fully saturated rings. The zero-order valence-electron chi connectivity index (χ0n) is 10.7. The van der Waals surface area contributed by atoms with Gasteiger partial charge >= 0.3 is 0 Å². The summed E-state index contributed by atoms with van der Waals surface area (Å²) in [4.78, 5) is 0. The molecule has 1 heterocycles. The SMILES string of the molecule is CCc1cc(CNCC2CC2C)n(CC)n1. The van der Waals surface area contributed by atoms with Gasteiger partial charge in [0.1, 0.15) is 0 Å². The van der Waals surface area contributed by atoms with Crippen molar-refractivity contribution < 1.29 is 0 Å². The van der Waals surface area contributed by atoms with Crippen molar-refractivity contribution >= 4 is 0 Å². The van der Waals surface area contributed by atoms with Crippen LogP contribution >= 0.6 is 0 Å². The van der Waals surface area contributed by atoms with Crippen LogP contribution in [-0.4, -0.2) is 16.3 Å². The van der Waals surface area contributed by atoms with Gasteiger partial charge in [0.25, 0.3) is 0 Å². The lowest BCUT2D eigenvalue weighted by Crippen LogP contribution is -2.19. The van der Waals surface area contributed by atoms with Crippen LogP contribution in [0.4, 0.5) is 0 Å². The van der Waals surface area contributed by atoms with Crippen molar-refractivity contribution in [1.82, 2.24) is 15.1 Å². The Balaban J connectivity index is 1.84. The summed E-state index contributed by atoms with van der Waals surface area (Å²) in [5.41, 5.74) is 2.53. The van der Waals surface area contributed by atoms with Crippen LogP contribution in [0, 0.1) is 11.8 Å². The van der Waals surface area contributed by atoms with Crippen molar-refractivity contribution in [2.75, 3.05) is 6.54 Å². The Labute approximate surface area is 98.2 Å². The van der Waals surface area contributed by atoms with Gasteiger partial charge in [0, 0.05) is 13.1 Å². The number of nitrogens with one attached hydrogen (secondary N) is 1. The maximum atomic E-state index is 4.55. The first kappa shape index (κ1) is 11.6. The predicted molar refractivity (Wildman–Crippen MR) is 66.3 cm³/mol. The lowest BCUT2D eigenvalue weighted by molar-refractivity contribution is 0.557. The van der Waals surface area contributed by atoms with Crippen molar-refractivity contribution in [3.63, 3.8) is 0 Å². The largest absolute Gasteiger partial charge is 0.311 e. The Morgan fingerprint density at radius 2 is 2.25 bits per heavy atom. The van der Waals surface area contributed by atoms with E-state index in [0.29, 0.717) is 0 Å². The zero-order valence-corrected chi connectivity index (χ0v) is 10.7. The average molecular weight is 221 g/mol. The Bertz CT molecular complexity index is 343. The second kappa shape index (κ2) is 5.00. The summed E-state index contributed by atoms with van der Waals surface area (Å²) in [6.07, 6.45) is 2.43. The molecule has 2 atom stereocenters. The van der Waals surface area contributed by atoms with Crippen molar-refractivity contribution in [3.8, 4) is 0 Å². The van der Waals surface area contributed by atoms with Gasteiger partial charge in [-0.05, 0) is 44.2 Å². The molecule has 1 aliphatic rings. The standard InChI is InChI=1S/C13H23N3/c1-4-12-7-13(16(5-2)15-12)9-14-8-11-6-10(11)3/h7,10-11,14H,4-6,8-9H2,1-3H3. The average Bonchev–Trinajstić information content (AvgIpc) is 2.84. The Kier molecular flexibility index (Phi) is 3.64. The van der Waals surface area contributed by atoms with E-state index in [1.807, 2.05) is 0 Å². The van der Waals surface area contributed by atoms with Crippen molar-refractivity contribution in [2.45, 2.75) is 46.7 Å². The molecular weight excluding hydrogens is 198 g/mol. The van der Waals surface area contributed by atoms with E-state index in [9.17, 15) is 0 Å². The van der Waals surface area contributed by atoms with E-state index in [1.165, 1.54) is 17.8 Å². The number of aryl methyl sites for hydroxylation is 2. The van der Waals surface area contributed by atoms with Crippen LogP contribution in [0.2, 0.25) is 0 Å². The Morgan fingerprint density at radius 1 is 1.50 bits per heavy atom. The van der Waals surface area contributed by atoms with Crippen molar-refractivity contribution in [2.24, 2.45) is 11.8 Å². The number of hydrogen-bond donors (Lipinski definition) is 1. The minimum absolute atomic E-state index is 0.920. The highest BCUT2D eigenvalue weighted by Gasteiger charge is 2.31. The van der Waals surface area contributed by atoms with Gasteiger partial charge in [-0.3, -0.25) is 4.68 Å². The number of rotatable bonds is 6. The molecule has 2 rings (SSSR count). The number of hydrogen-bond acceptors (Lipinski definition) is 2. The molecule has 0 amide bonds. The molecule has 1 aromatic rings. The quantitative estimate of drug-likeness (QED) is 0.798. The molecule has 3 nitrogen and oxygen atoms in total. The molecule has 16 heavy (non-hydrogen) atoms. The Morgan fingerprint density at radius 3 is 2.81 bits per heavy atom. The molecule has 1 N–H and O–H groups in total. The van der Waals surface area contributed by atoms with E-state index >= 15 is 0 Å². The molecule has 0 aromatic carbocycles. The zero-order chi connectivity index (χ0) is 11.5. The number of nitrogens with zero attached hydrogens (tertiary/aromatic N) is 2. The van der Waals surface area contributed by atoms with E-state index in [0.717, 1.165) is 37.9 Å². The highest BCUT2D eigenvalue weighted by atomic mass is 15.3. The molecule has 3 heteroatoms. The van der Waals surface area contributed by atoms with Crippen LogP contribution in [-0.2, 0) is 19.5 Å². The minimum Gasteiger partial charge on any atom is -0.311 e. The van der Waals surface area contributed by atoms with Crippen molar-refractivity contribution in [3.05, 3.63) is 17.5 Å². The molecule has 0 saturated heterocycles. The molecule has 0 bridgehead atoms. The summed E-state index contributed by atoms with van der Waals surface area (Å²) >= 11 is 0. The predicted octanol–water partition coefficient (Wildman–Crippen LogP) is 2.21. The second-order valence-electron chi connectivity index (χ2n) is 4.90. The van der Waals surface area contributed by atoms with E-state index in [4.69, 9.17) is 0 Å². The van der Waals surface area contributed by atoms with Crippen molar-refractivity contribution in [1.29, 1.82) is 0 Å². The van der Waals surface area contributed by atoms with Gasteiger partial charge in [0.05, 0.1) is 11.4 Å². The lowest BCUT2D eigenvalue weighted by atomic mass is 10.3. The minimum atomic E-state index is 0.920. The van der Waals surface area contributed by atoms with Gasteiger partial charge in [-0.1, -0.05) is 13.8 Å². The highest BCUT2D eigenvalue weighted by Crippen LogP contribution is 2.36. The van der Waals surface area contributed by atoms with Gasteiger partial charge in [-0.2, -0.15) is 5.10 Å². The van der Waals surface area contributed by atoms with Crippen LogP contribution in [0.3, 0.4) is 0 Å². The van der Waals surface area contributed by atoms with Crippen LogP contribution in [0.1, 0.15) is 38.6 Å². The summed E-state index contributed by atoms with van der Waals surface area (Å²) in [5.74, 6) is 1.86. The van der Waals surface area contributed by atoms with Crippen LogP contribution in [0.25, 0.3) is 0 Å². The van der Waals surface area contributed by atoms with E-state index in [1.54, 1.807) is 0 Å². The molecule has 0 aliphatic heterocycles. The summed E-state index contributed by atoms with van der Waals surface area (Å²) in [7, 11) is 0. The van der Waals surface area contributed by atoms with Crippen LogP contribution < -0.4 is 5.32 Å². The maximum Gasteiger partial charge on any atom is 0.0625 e. The molecule has 90 valence electrons. The van der Waals surface area contributed by atoms with Gasteiger partial charge in [-0.25, -0.2) is 0 Å². The second-order valence-corrected chi connectivity index (χ2v) is 4.90.